The SMILES string of the molecule is CCC[C@H](C(C)CC/C=C/C=O)C(C)c1ccc(CN2CCN(C(=O)CCC(C)(C)SCC(=O)NCCOCCOCCOCCOCCC(=O)ON3C(=O)CCC3=O)CC2)cc1. The molecule has 2 aliphatic heterocycles. The van der Waals surface area contributed by atoms with E-state index in [1.165, 1.54) is 17.5 Å². The number of rotatable bonds is 33. The van der Waals surface area contributed by atoms with Crippen LogP contribution in [0.3, 0.4) is 0 Å². The first-order valence-electron chi connectivity index (χ1n) is 22.8. The molecule has 63 heavy (non-hydrogen) atoms. The highest BCUT2D eigenvalue weighted by Crippen LogP contribution is 2.36. The predicted molar refractivity (Wildman–Crippen MR) is 243 cm³/mol. The third kappa shape index (κ3) is 21.7. The maximum atomic E-state index is 13.2. The molecule has 2 saturated heterocycles. The Morgan fingerprint density at radius 1 is 0.825 bits per heavy atom. The van der Waals surface area contributed by atoms with Gasteiger partial charge in [-0.1, -0.05) is 71.4 Å². The van der Waals surface area contributed by atoms with Crippen molar-refractivity contribution < 1.29 is 52.6 Å². The first-order chi connectivity index (χ1) is 30.3. The summed E-state index contributed by atoms with van der Waals surface area (Å²) >= 11 is 1.56. The zero-order valence-corrected chi connectivity index (χ0v) is 39.3. The van der Waals surface area contributed by atoms with Crippen LogP contribution in [0.2, 0.25) is 0 Å². The van der Waals surface area contributed by atoms with Crippen LogP contribution in [0, 0.1) is 11.8 Å². The lowest BCUT2D eigenvalue weighted by molar-refractivity contribution is -0.198. The van der Waals surface area contributed by atoms with Crippen molar-refractivity contribution >= 4 is 47.6 Å². The highest BCUT2D eigenvalue weighted by atomic mass is 32.2. The lowest BCUT2D eigenvalue weighted by Gasteiger charge is -2.35. The van der Waals surface area contributed by atoms with Crippen LogP contribution in [0.4, 0.5) is 0 Å². The number of amides is 4. The molecule has 2 unspecified atom stereocenters. The third-order valence-corrected chi connectivity index (χ3v) is 12.9. The molecule has 0 aromatic heterocycles. The van der Waals surface area contributed by atoms with Crippen molar-refractivity contribution in [3.05, 3.63) is 47.5 Å². The molecule has 4 amide bonds. The van der Waals surface area contributed by atoms with E-state index in [4.69, 9.17) is 23.8 Å². The number of hydrogen-bond donors (Lipinski definition) is 1. The Morgan fingerprint density at radius 3 is 2.03 bits per heavy atom. The Labute approximate surface area is 379 Å². The fourth-order valence-corrected chi connectivity index (χ4v) is 8.48. The van der Waals surface area contributed by atoms with E-state index in [1.54, 1.807) is 17.8 Å². The molecule has 354 valence electrons. The molecule has 1 N–H and O–H groups in total. The molecule has 3 rings (SSSR count). The van der Waals surface area contributed by atoms with Crippen molar-refractivity contribution in [3.8, 4) is 0 Å². The minimum Gasteiger partial charge on any atom is -0.378 e. The lowest BCUT2D eigenvalue weighted by Crippen LogP contribution is -2.48. The van der Waals surface area contributed by atoms with Crippen LogP contribution in [0.5, 0.6) is 0 Å². The van der Waals surface area contributed by atoms with Crippen molar-refractivity contribution in [2.24, 2.45) is 11.8 Å². The van der Waals surface area contributed by atoms with Gasteiger partial charge in [-0.05, 0) is 60.6 Å². The zero-order valence-electron chi connectivity index (χ0n) is 38.5. The zero-order chi connectivity index (χ0) is 45.9. The largest absolute Gasteiger partial charge is 0.378 e. The number of carbonyl (C=O) groups excluding carboxylic acids is 6. The molecular formula is C47H74N4O11S. The van der Waals surface area contributed by atoms with Crippen LogP contribution in [-0.4, -0.2) is 147 Å². The fourth-order valence-electron chi connectivity index (χ4n) is 7.61. The van der Waals surface area contributed by atoms with Crippen molar-refractivity contribution in [3.63, 3.8) is 0 Å². The van der Waals surface area contributed by atoms with Crippen LogP contribution in [0.15, 0.2) is 36.4 Å². The Balaban J connectivity index is 1.16. The van der Waals surface area contributed by atoms with Crippen LogP contribution in [0.25, 0.3) is 0 Å². The van der Waals surface area contributed by atoms with E-state index in [0.29, 0.717) is 87.6 Å². The molecule has 2 heterocycles. The van der Waals surface area contributed by atoms with Gasteiger partial charge in [0.25, 0.3) is 11.8 Å². The molecule has 2 fully saturated rings. The molecular weight excluding hydrogens is 829 g/mol. The summed E-state index contributed by atoms with van der Waals surface area (Å²) in [5.41, 5.74) is 2.68. The van der Waals surface area contributed by atoms with E-state index in [-0.39, 0.29) is 49.0 Å². The number of thioether (sulfide) groups is 1. The van der Waals surface area contributed by atoms with Gasteiger partial charge in [0.05, 0.1) is 65.0 Å². The summed E-state index contributed by atoms with van der Waals surface area (Å²) < 4.78 is 21.5. The van der Waals surface area contributed by atoms with Gasteiger partial charge in [0.1, 0.15) is 6.29 Å². The number of nitrogens with one attached hydrogen (secondary N) is 1. The second kappa shape index (κ2) is 30.5. The average Bonchev–Trinajstić information content (AvgIpc) is 3.59. The number of allylic oxidation sites excluding steroid dienone is 2. The number of carbonyl (C=O) groups is 6. The summed E-state index contributed by atoms with van der Waals surface area (Å²) in [5.74, 6) is 0.322. The van der Waals surface area contributed by atoms with Crippen molar-refractivity contribution in [1.29, 1.82) is 0 Å². The van der Waals surface area contributed by atoms with E-state index in [0.717, 1.165) is 58.3 Å². The molecule has 0 aliphatic carbocycles. The molecule has 0 saturated carbocycles. The summed E-state index contributed by atoms with van der Waals surface area (Å²) in [6, 6.07) is 9.12. The smallest absolute Gasteiger partial charge is 0.335 e. The van der Waals surface area contributed by atoms with Crippen molar-refractivity contribution in [2.75, 3.05) is 91.3 Å². The van der Waals surface area contributed by atoms with Gasteiger partial charge in [-0.3, -0.25) is 28.9 Å². The summed E-state index contributed by atoms with van der Waals surface area (Å²) in [6.07, 6.45) is 9.98. The number of ether oxygens (including phenoxy) is 4. The van der Waals surface area contributed by atoms with Crippen LogP contribution in [-0.2, 0) is 59.1 Å². The molecule has 0 radical (unpaired) electrons. The fraction of sp³-hybridized carbons (Fsp3) is 0.702. The Morgan fingerprint density at radius 2 is 1.43 bits per heavy atom. The number of piperazine rings is 1. The maximum Gasteiger partial charge on any atom is 0.335 e. The van der Waals surface area contributed by atoms with E-state index < -0.39 is 17.8 Å². The quantitative estimate of drug-likeness (QED) is 0.0407. The average molecular weight is 903 g/mol. The van der Waals surface area contributed by atoms with Crippen molar-refractivity contribution in [2.45, 2.75) is 110 Å². The molecule has 1 aromatic carbocycles. The predicted octanol–water partition coefficient (Wildman–Crippen LogP) is 5.49. The number of nitrogens with zero attached hydrogens (tertiary/aromatic N) is 3. The number of hydroxylamine groups is 2. The number of hydrogen-bond acceptors (Lipinski definition) is 13. The van der Waals surface area contributed by atoms with E-state index in [1.807, 2.05) is 11.0 Å². The molecule has 3 atom stereocenters. The number of aldehydes is 1. The van der Waals surface area contributed by atoms with Gasteiger partial charge < -0.3 is 34.0 Å². The van der Waals surface area contributed by atoms with Gasteiger partial charge in [0.15, 0.2) is 0 Å². The topological polar surface area (TPSA) is 170 Å². The number of benzene rings is 1. The van der Waals surface area contributed by atoms with Crippen molar-refractivity contribution in [1.82, 2.24) is 20.2 Å². The first-order valence-corrected chi connectivity index (χ1v) is 23.8. The monoisotopic (exact) mass is 903 g/mol. The molecule has 1 aromatic rings. The Bertz CT molecular complexity index is 1550. The summed E-state index contributed by atoms with van der Waals surface area (Å²) in [4.78, 5) is 80.1. The van der Waals surface area contributed by atoms with Gasteiger partial charge in [-0.15, -0.1) is 16.8 Å². The molecule has 2 aliphatic rings. The van der Waals surface area contributed by atoms with E-state index in [2.05, 4.69) is 69.1 Å². The van der Waals surface area contributed by atoms with E-state index in [9.17, 15) is 28.8 Å². The van der Waals surface area contributed by atoms with Gasteiger partial charge in [0.2, 0.25) is 11.8 Å². The normalized spacial score (nSPS) is 16.4. The van der Waals surface area contributed by atoms with Gasteiger partial charge in [0, 0.05) is 63.3 Å². The van der Waals surface area contributed by atoms with Gasteiger partial charge in [-0.25, -0.2) is 4.79 Å². The molecule has 15 nitrogen and oxygen atoms in total. The number of imide groups is 1. The van der Waals surface area contributed by atoms with E-state index >= 15 is 0 Å². The summed E-state index contributed by atoms with van der Waals surface area (Å²) in [5, 5.41) is 3.40. The maximum absolute atomic E-state index is 13.2. The lowest BCUT2D eigenvalue weighted by atomic mass is 9.75. The highest BCUT2D eigenvalue weighted by molar-refractivity contribution is 8.01. The van der Waals surface area contributed by atoms with Crippen LogP contribution < -0.4 is 5.32 Å². The summed E-state index contributed by atoms with van der Waals surface area (Å²) in [6.45, 7) is 18.1. The van der Waals surface area contributed by atoms with Crippen LogP contribution in [0.1, 0.15) is 109 Å². The Kier molecular flexibility index (Phi) is 26.0. The second-order valence-electron chi connectivity index (χ2n) is 16.9. The Hall–Kier alpha value is -3.67. The summed E-state index contributed by atoms with van der Waals surface area (Å²) in [7, 11) is 0. The molecule has 0 bridgehead atoms. The minimum atomic E-state index is -0.709. The van der Waals surface area contributed by atoms with Gasteiger partial charge >= 0.3 is 5.97 Å². The standard InChI is InChI=1S/C47H74N4O11S/c1-6-10-41(37(2)11-8-7-9-26-52)38(3)40-14-12-39(13-15-40)35-49-22-24-50(25-23-49)43(54)18-20-47(4,5)63-36-42(53)48-21-28-59-30-32-61-34-33-60-31-29-58-27-19-46(57)62-51-44(55)16-17-45(51)56/h7,9,12-15,26,37-38,41H,6,8,10-11,16-25,27-36H2,1-5H3,(H,48,53)/b9-7+/t37?,38?,41-/m1/s1. The second-order valence-corrected chi connectivity index (χ2v) is 18.6. The highest BCUT2D eigenvalue weighted by Gasteiger charge is 2.33. The minimum absolute atomic E-state index is 0.0495. The molecule has 16 heteroatoms. The van der Waals surface area contributed by atoms with Crippen LogP contribution >= 0.6 is 11.8 Å². The third-order valence-electron chi connectivity index (χ3n) is 11.5. The first kappa shape index (κ1) is 53.7. The molecule has 0 spiro atoms. The van der Waals surface area contributed by atoms with Gasteiger partial charge in [-0.2, -0.15) is 0 Å².